The van der Waals surface area contributed by atoms with E-state index in [0.29, 0.717) is 12.1 Å². The van der Waals surface area contributed by atoms with Crippen LogP contribution in [0, 0.1) is 0 Å². The van der Waals surface area contributed by atoms with Gasteiger partial charge in [0.25, 0.3) is 0 Å². The second-order valence-electron chi connectivity index (χ2n) is 6.84. The molecule has 112 valence electrons. The van der Waals surface area contributed by atoms with E-state index in [1.807, 2.05) is 6.07 Å². The highest BCUT2D eigenvalue weighted by atomic mass is 16.6. The van der Waals surface area contributed by atoms with E-state index < -0.39 is 0 Å². The molecule has 0 aromatic heterocycles. The average molecular weight is 293 g/mol. The van der Waals surface area contributed by atoms with Gasteiger partial charge in [0.2, 0.25) is 0 Å². The Hall–Kier alpha value is -1.87. The highest BCUT2D eigenvalue weighted by Gasteiger charge is 2.61. The van der Waals surface area contributed by atoms with Crippen molar-refractivity contribution in [2.45, 2.75) is 43.4 Å². The molecular formula is C19H19NO2. The van der Waals surface area contributed by atoms with E-state index in [-0.39, 0.29) is 11.6 Å². The first-order chi connectivity index (χ1) is 10.8. The lowest BCUT2D eigenvalue weighted by Crippen LogP contribution is -2.48. The summed E-state index contributed by atoms with van der Waals surface area (Å²) in [5, 5.41) is 0. The molecular weight excluding hydrogens is 274 g/mol. The van der Waals surface area contributed by atoms with Gasteiger partial charge in [0, 0.05) is 24.1 Å². The van der Waals surface area contributed by atoms with Crippen molar-refractivity contribution in [3.63, 3.8) is 0 Å². The molecule has 0 unspecified atom stereocenters. The first-order valence-corrected chi connectivity index (χ1v) is 8.26. The molecule has 2 fully saturated rings. The van der Waals surface area contributed by atoms with Crippen molar-refractivity contribution in [3.05, 3.63) is 53.6 Å². The lowest BCUT2D eigenvalue weighted by atomic mass is 9.75. The molecule has 3 atom stereocenters. The molecule has 3 heterocycles. The quantitative estimate of drug-likeness (QED) is 0.746. The first kappa shape index (κ1) is 12.7. The van der Waals surface area contributed by atoms with Gasteiger partial charge in [-0.1, -0.05) is 42.8 Å². The second kappa shape index (κ2) is 4.32. The van der Waals surface area contributed by atoms with Gasteiger partial charge in [-0.15, -0.1) is 0 Å². The van der Waals surface area contributed by atoms with Crippen molar-refractivity contribution in [2.24, 2.45) is 0 Å². The number of benzene rings is 1. The molecule has 1 spiro atoms. The number of hydrogen-bond donors (Lipinski definition) is 0. The van der Waals surface area contributed by atoms with Gasteiger partial charge in [0.15, 0.2) is 5.60 Å². The fourth-order valence-corrected chi connectivity index (χ4v) is 4.93. The van der Waals surface area contributed by atoms with E-state index in [2.05, 4.69) is 35.2 Å². The Labute approximate surface area is 130 Å². The Balaban J connectivity index is 1.69. The molecule has 5 rings (SSSR count). The molecule has 0 amide bonds. The van der Waals surface area contributed by atoms with Gasteiger partial charge < -0.3 is 4.74 Å². The molecule has 1 aromatic rings. The van der Waals surface area contributed by atoms with E-state index in [1.165, 1.54) is 24.0 Å². The van der Waals surface area contributed by atoms with Crippen LogP contribution >= 0.6 is 0 Å². The zero-order chi connectivity index (χ0) is 14.7. The Bertz CT molecular complexity index is 705. The third-order valence-electron chi connectivity index (χ3n) is 5.76. The molecule has 3 nitrogen and oxygen atoms in total. The predicted molar refractivity (Wildman–Crippen MR) is 84.1 cm³/mol. The minimum absolute atomic E-state index is 0.162. The monoisotopic (exact) mass is 293 g/mol. The van der Waals surface area contributed by atoms with Gasteiger partial charge in [-0.2, -0.15) is 0 Å². The molecule has 0 N–H and O–H groups in total. The number of piperidine rings is 1. The largest absolute Gasteiger partial charge is 0.449 e. The van der Waals surface area contributed by atoms with E-state index >= 15 is 0 Å². The standard InChI is InChI=1S/C19H19NO2/c21-18-11-16-15(13-6-2-1-3-7-13)10-14-12-19(16,22-18)17-8-4-5-9-20(14)17/h1-3,6-7,10-11,14,17H,4-5,8-9,12H2/t14-,17-,19+/m1/s1. The average Bonchev–Trinajstić information content (AvgIpc) is 3.03. The molecule has 0 radical (unpaired) electrons. The van der Waals surface area contributed by atoms with Gasteiger partial charge in [0.05, 0.1) is 6.04 Å². The molecule has 1 aliphatic carbocycles. The van der Waals surface area contributed by atoms with Crippen LogP contribution in [0.3, 0.4) is 0 Å². The predicted octanol–water partition coefficient (Wildman–Crippen LogP) is 2.93. The Morgan fingerprint density at radius 2 is 2.05 bits per heavy atom. The molecule has 22 heavy (non-hydrogen) atoms. The smallest absolute Gasteiger partial charge is 0.332 e. The molecule has 3 heteroatoms. The maximum Gasteiger partial charge on any atom is 0.332 e. The van der Waals surface area contributed by atoms with Crippen LogP contribution in [0.4, 0.5) is 0 Å². The Morgan fingerprint density at radius 3 is 2.91 bits per heavy atom. The third kappa shape index (κ3) is 1.52. The zero-order valence-corrected chi connectivity index (χ0v) is 12.5. The minimum atomic E-state index is -0.387. The van der Waals surface area contributed by atoms with Crippen molar-refractivity contribution in [1.82, 2.24) is 4.90 Å². The summed E-state index contributed by atoms with van der Waals surface area (Å²) in [6.07, 6.45) is 8.67. The van der Waals surface area contributed by atoms with Crippen LogP contribution in [0.5, 0.6) is 0 Å². The minimum Gasteiger partial charge on any atom is -0.449 e. The zero-order valence-electron chi connectivity index (χ0n) is 12.5. The van der Waals surface area contributed by atoms with Crippen LogP contribution in [0.15, 0.2) is 48.1 Å². The van der Waals surface area contributed by atoms with E-state index in [0.717, 1.165) is 25.0 Å². The van der Waals surface area contributed by atoms with E-state index in [1.54, 1.807) is 6.08 Å². The maximum absolute atomic E-state index is 12.1. The summed E-state index contributed by atoms with van der Waals surface area (Å²) in [7, 11) is 0. The normalized spacial score (nSPS) is 36.3. The fraction of sp³-hybridized carbons (Fsp3) is 0.421. The van der Waals surface area contributed by atoms with Crippen LogP contribution in [0.2, 0.25) is 0 Å². The number of hydrogen-bond acceptors (Lipinski definition) is 3. The van der Waals surface area contributed by atoms with Crippen molar-refractivity contribution >= 4 is 11.5 Å². The second-order valence-corrected chi connectivity index (χ2v) is 6.84. The summed E-state index contributed by atoms with van der Waals surface area (Å²) in [6, 6.07) is 11.2. The lowest BCUT2D eigenvalue weighted by molar-refractivity contribution is -0.148. The lowest BCUT2D eigenvalue weighted by Gasteiger charge is -2.38. The third-order valence-corrected chi connectivity index (χ3v) is 5.76. The van der Waals surface area contributed by atoms with E-state index in [4.69, 9.17) is 4.74 Å². The van der Waals surface area contributed by atoms with E-state index in [9.17, 15) is 4.79 Å². The van der Waals surface area contributed by atoms with Crippen LogP contribution in [0.1, 0.15) is 31.2 Å². The summed E-state index contributed by atoms with van der Waals surface area (Å²) in [5.41, 5.74) is 3.13. The molecule has 0 saturated carbocycles. The highest BCUT2D eigenvalue weighted by molar-refractivity contribution is 5.97. The number of carbonyl (C=O) groups is 1. The highest BCUT2D eigenvalue weighted by Crippen LogP contribution is 2.55. The molecule has 1 aromatic carbocycles. The van der Waals surface area contributed by atoms with Crippen LogP contribution in [-0.4, -0.2) is 35.1 Å². The number of carbonyl (C=O) groups excluding carboxylic acids is 1. The first-order valence-electron chi connectivity index (χ1n) is 8.26. The molecule has 4 aliphatic rings. The van der Waals surface area contributed by atoms with Gasteiger partial charge in [-0.05, 0) is 30.5 Å². The van der Waals surface area contributed by atoms with Crippen molar-refractivity contribution in [1.29, 1.82) is 0 Å². The number of esters is 1. The Morgan fingerprint density at radius 1 is 1.18 bits per heavy atom. The Kier molecular flexibility index (Phi) is 2.49. The van der Waals surface area contributed by atoms with Crippen LogP contribution in [0.25, 0.3) is 5.57 Å². The fourth-order valence-electron chi connectivity index (χ4n) is 4.93. The maximum atomic E-state index is 12.1. The molecule has 3 aliphatic heterocycles. The summed E-state index contributed by atoms with van der Waals surface area (Å²) in [4.78, 5) is 14.7. The topological polar surface area (TPSA) is 29.5 Å². The number of ether oxygens (including phenoxy) is 1. The van der Waals surface area contributed by atoms with Gasteiger partial charge >= 0.3 is 5.97 Å². The summed E-state index contributed by atoms with van der Waals surface area (Å²) in [6.45, 7) is 1.13. The number of nitrogens with zero attached hydrogens (tertiary/aromatic N) is 1. The van der Waals surface area contributed by atoms with Gasteiger partial charge in [-0.25, -0.2) is 4.79 Å². The van der Waals surface area contributed by atoms with Gasteiger partial charge in [-0.3, -0.25) is 4.90 Å². The molecule has 2 saturated heterocycles. The van der Waals surface area contributed by atoms with Crippen LogP contribution in [-0.2, 0) is 9.53 Å². The number of rotatable bonds is 1. The molecule has 2 bridgehead atoms. The summed E-state index contributed by atoms with van der Waals surface area (Å²) in [5.74, 6) is -0.162. The van der Waals surface area contributed by atoms with Crippen molar-refractivity contribution in [2.75, 3.05) is 6.54 Å². The van der Waals surface area contributed by atoms with Crippen molar-refractivity contribution < 1.29 is 9.53 Å². The number of fused-ring (bicyclic) bond motifs is 3. The SMILES string of the molecule is O=C1C=C2C(c3ccccc3)=C[C@@H]3C[C@@]2(O1)[C@H]1CCCCN31. The van der Waals surface area contributed by atoms with Crippen molar-refractivity contribution in [3.8, 4) is 0 Å². The van der Waals surface area contributed by atoms with Gasteiger partial charge in [0.1, 0.15) is 0 Å². The van der Waals surface area contributed by atoms with Crippen LogP contribution < -0.4 is 0 Å². The summed E-state index contributed by atoms with van der Waals surface area (Å²) < 4.78 is 5.95. The summed E-state index contributed by atoms with van der Waals surface area (Å²) >= 11 is 0.